The van der Waals surface area contributed by atoms with Crippen LogP contribution in [0.2, 0.25) is 0 Å². The van der Waals surface area contributed by atoms with Crippen LogP contribution in [-0.4, -0.2) is 52.3 Å². The quantitative estimate of drug-likeness (QED) is 0.0192. The van der Waals surface area contributed by atoms with E-state index in [1.165, 1.54) is 19.3 Å². The molecule has 0 aromatic heterocycles. The van der Waals surface area contributed by atoms with Crippen LogP contribution >= 0.6 is 7.82 Å². The molecule has 0 aromatic rings. The van der Waals surface area contributed by atoms with Gasteiger partial charge >= 0.3 is 19.8 Å². The van der Waals surface area contributed by atoms with Gasteiger partial charge in [0, 0.05) is 12.8 Å². The lowest BCUT2D eigenvalue weighted by Gasteiger charge is -2.18. The van der Waals surface area contributed by atoms with E-state index in [2.05, 4.69) is 91.3 Å². The van der Waals surface area contributed by atoms with E-state index in [0.717, 1.165) is 70.6 Å². The highest BCUT2D eigenvalue weighted by atomic mass is 31.2. The molecule has 2 atom stereocenters. The number of phosphoric ester groups is 1. The van der Waals surface area contributed by atoms with Crippen molar-refractivity contribution >= 4 is 19.8 Å². The molecule has 0 heterocycles. The van der Waals surface area contributed by atoms with Crippen LogP contribution in [-0.2, 0) is 28.2 Å². The Kier molecular flexibility index (Phi) is 35.1. The molecule has 0 fully saturated rings. The van der Waals surface area contributed by atoms with Gasteiger partial charge in [0.1, 0.15) is 6.61 Å². The molecule has 0 aliphatic rings. The van der Waals surface area contributed by atoms with Gasteiger partial charge in [-0.25, -0.2) is 4.57 Å². The standard InChI is InChI=1S/C43H69O9P/c1-3-5-7-9-11-13-15-17-18-19-20-22-24-26-28-30-32-36-42(45)50-38-41(39-51-53(47,48)49)52-43(46)37-33-35-40(44)34-31-29-27-25-23-21-16-14-12-10-8-6-4-2/h5,7,11-14,17-18,20-23,27,29,31,34,40-41,44H,3-4,6,8-10,15-16,19,24-26,28,30,32-33,35-39H2,1-2H3,(H2,47,48,49)/b7-5-,13-11-,14-12-,18-17-,22-20-,23-21-,29-27-,34-31+/t40-,41+/m0/s1. The van der Waals surface area contributed by atoms with Crippen LogP contribution in [0.25, 0.3) is 0 Å². The van der Waals surface area contributed by atoms with Crippen LogP contribution in [0.15, 0.2) is 97.2 Å². The molecule has 3 N–H and O–H groups in total. The summed E-state index contributed by atoms with van der Waals surface area (Å²) in [5, 5.41) is 10.2. The fraction of sp³-hybridized carbons (Fsp3) is 0.581. The first-order chi connectivity index (χ1) is 25.7. The highest BCUT2D eigenvalue weighted by molar-refractivity contribution is 7.46. The van der Waals surface area contributed by atoms with Crippen molar-refractivity contribution in [3.63, 3.8) is 0 Å². The second-order valence-corrected chi connectivity index (χ2v) is 14.0. The van der Waals surface area contributed by atoms with E-state index in [-0.39, 0.29) is 19.4 Å². The Labute approximate surface area is 320 Å². The predicted molar refractivity (Wildman–Crippen MR) is 217 cm³/mol. The summed E-state index contributed by atoms with van der Waals surface area (Å²) in [6, 6.07) is 0. The third-order valence-corrected chi connectivity index (χ3v) is 8.18. The third kappa shape index (κ3) is 40.0. The summed E-state index contributed by atoms with van der Waals surface area (Å²) in [5.41, 5.74) is 0. The summed E-state index contributed by atoms with van der Waals surface area (Å²) in [5.74, 6) is -1.13. The number of rotatable bonds is 34. The Bertz CT molecular complexity index is 1190. The number of aliphatic hydroxyl groups excluding tert-OH is 1. The van der Waals surface area contributed by atoms with E-state index >= 15 is 0 Å². The van der Waals surface area contributed by atoms with Crippen molar-refractivity contribution in [3.05, 3.63) is 97.2 Å². The minimum Gasteiger partial charge on any atom is -0.462 e. The molecular weight excluding hydrogens is 691 g/mol. The van der Waals surface area contributed by atoms with Crippen molar-refractivity contribution in [1.29, 1.82) is 0 Å². The van der Waals surface area contributed by atoms with Gasteiger partial charge in [0.05, 0.1) is 12.7 Å². The molecule has 0 spiro atoms. The lowest BCUT2D eigenvalue weighted by Crippen LogP contribution is -2.29. The van der Waals surface area contributed by atoms with Crippen molar-refractivity contribution in [3.8, 4) is 0 Å². The van der Waals surface area contributed by atoms with Gasteiger partial charge in [0.25, 0.3) is 0 Å². The summed E-state index contributed by atoms with van der Waals surface area (Å²) in [6.45, 7) is 3.33. The first-order valence-corrected chi connectivity index (χ1v) is 21.2. The number of phosphoric acid groups is 1. The number of carbonyl (C=O) groups is 2. The minimum atomic E-state index is -4.82. The monoisotopic (exact) mass is 760 g/mol. The van der Waals surface area contributed by atoms with Crippen molar-refractivity contribution in [2.24, 2.45) is 0 Å². The Morgan fingerprint density at radius 2 is 1.13 bits per heavy atom. The molecule has 0 aromatic carbocycles. The Morgan fingerprint density at radius 1 is 0.604 bits per heavy atom. The molecule has 0 aliphatic carbocycles. The molecule has 0 radical (unpaired) electrons. The van der Waals surface area contributed by atoms with Crippen molar-refractivity contribution < 1.29 is 43.0 Å². The smallest absolute Gasteiger partial charge is 0.462 e. The van der Waals surface area contributed by atoms with Crippen LogP contribution in [0.4, 0.5) is 0 Å². The maximum absolute atomic E-state index is 12.4. The van der Waals surface area contributed by atoms with E-state index in [1.807, 2.05) is 12.2 Å². The Hall–Kier alpha value is -3.07. The van der Waals surface area contributed by atoms with Gasteiger partial charge in [-0.1, -0.05) is 137 Å². The summed E-state index contributed by atoms with van der Waals surface area (Å²) in [7, 11) is -4.82. The molecular formula is C43H69O9P. The number of ether oxygens (including phenoxy) is 2. The van der Waals surface area contributed by atoms with Gasteiger partial charge in [0.15, 0.2) is 6.10 Å². The number of esters is 2. The highest BCUT2D eigenvalue weighted by Crippen LogP contribution is 2.36. The lowest BCUT2D eigenvalue weighted by atomic mass is 10.1. The lowest BCUT2D eigenvalue weighted by molar-refractivity contribution is -0.161. The van der Waals surface area contributed by atoms with Gasteiger partial charge < -0.3 is 24.4 Å². The van der Waals surface area contributed by atoms with E-state index in [9.17, 15) is 19.3 Å². The molecule has 0 unspecified atom stereocenters. The van der Waals surface area contributed by atoms with Crippen molar-refractivity contribution in [2.45, 2.75) is 148 Å². The number of allylic oxidation sites excluding steroid dienone is 15. The van der Waals surface area contributed by atoms with E-state index in [4.69, 9.17) is 19.3 Å². The zero-order chi connectivity index (χ0) is 39.1. The highest BCUT2D eigenvalue weighted by Gasteiger charge is 2.23. The summed E-state index contributed by atoms with van der Waals surface area (Å²) >= 11 is 0. The SMILES string of the molecule is CC/C=C\C/C=C\C/C=C\C/C=C\CCCCCCC(=O)OC[C@H](COP(=O)(O)O)OC(=O)CCC[C@@H](O)/C=C/C=C\C/C=C\C/C=C\CCCCC. The summed E-state index contributed by atoms with van der Waals surface area (Å²) < 4.78 is 26.2. The normalized spacial score (nSPS) is 14.1. The second kappa shape index (κ2) is 37.3. The van der Waals surface area contributed by atoms with Crippen LogP contribution in [0.3, 0.4) is 0 Å². The number of hydrogen-bond acceptors (Lipinski definition) is 7. The number of unbranched alkanes of at least 4 members (excludes halogenated alkanes) is 7. The summed E-state index contributed by atoms with van der Waals surface area (Å²) in [6.07, 6.45) is 47.3. The predicted octanol–water partition coefficient (Wildman–Crippen LogP) is 10.8. The van der Waals surface area contributed by atoms with Gasteiger partial charge in [-0.15, -0.1) is 0 Å². The molecule has 0 saturated heterocycles. The van der Waals surface area contributed by atoms with Gasteiger partial charge in [0.2, 0.25) is 0 Å². The zero-order valence-corrected chi connectivity index (χ0v) is 33.4. The molecule has 0 saturated carbocycles. The molecule has 9 nitrogen and oxygen atoms in total. The van der Waals surface area contributed by atoms with E-state index in [0.29, 0.717) is 19.3 Å². The molecule has 300 valence electrons. The zero-order valence-electron chi connectivity index (χ0n) is 32.5. The van der Waals surface area contributed by atoms with Gasteiger partial charge in [-0.3, -0.25) is 14.1 Å². The van der Waals surface area contributed by atoms with Gasteiger partial charge in [-0.05, 0) is 83.5 Å². The van der Waals surface area contributed by atoms with Gasteiger partial charge in [-0.2, -0.15) is 0 Å². The largest absolute Gasteiger partial charge is 0.469 e. The number of hydrogen-bond donors (Lipinski definition) is 3. The second-order valence-electron chi connectivity index (χ2n) is 12.7. The third-order valence-electron chi connectivity index (χ3n) is 7.69. The van der Waals surface area contributed by atoms with E-state index < -0.39 is 38.6 Å². The van der Waals surface area contributed by atoms with Crippen molar-refractivity contribution in [2.75, 3.05) is 13.2 Å². The molecule has 10 heteroatoms. The van der Waals surface area contributed by atoms with Crippen LogP contribution in [0, 0.1) is 0 Å². The number of carbonyl (C=O) groups excluding carboxylic acids is 2. The fourth-order valence-corrected chi connectivity index (χ4v) is 5.12. The molecule has 0 amide bonds. The molecule has 0 aliphatic heterocycles. The average molecular weight is 761 g/mol. The number of aliphatic hydroxyl groups is 1. The topological polar surface area (TPSA) is 140 Å². The summed E-state index contributed by atoms with van der Waals surface area (Å²) in [4.78, 5) is 42.8. The Balaban J connectivity index is 4.23. The van der Waals surface area contributed by atoms with E-state index in [1.54, 1.807) is 12.2 Å². The molecule has 0 bridgehead atoms. The first kappa shape index (κ1) is 49.9. The maximum atomic E-state index is 12.4. The van der Waals surface area contributed by atoms with Crippen LogP contribution < -0.4 is 0 Å². The van der Waals surface area contributed by atoms with Crippen LogP contribution in [0.1, 0.15) is 136 Å². The average Bonchev–Trinajstić information content (AvgIpc) is 3.12. The Morgan fingerprint density at radius 3 is 1.72 bits per heavy atom. The van der Waals surface area contributed by atoms with Crippen LogP contribution in [0.5, 0.6) is 0 Å². The molecule has 0 rings (SSSR count). The fourth-order valence-electron chi connectivity index (χ4n) is 4.76. The molecule has 53 heavy (non-hydrogen) atoms. The minimum absolute atomic E-state index is 0.0279. The van der Waals surface area contributed by atoms with Crippen molar-refractivity contribution in [1.82, 2.24) is 0 Å². The first-order valence-electron chi connectivity index (χ1n) is 19.6. The maximum Gasteiger partial charge on any atom is 0.469 e.